The lowest BCUT2D eigenvalue weighted by Crippen LogP contribution is -2.10. The number of carbonyl (C=O) groups excluding carboxylic acids is 1. The smallest absolute Gasteiger partial charge is 0.233 e. The molecule has 1 heterocycles. The fourth-order valence-electron chi connectivity index (χ4n) is 1.04. The van der Waals surface area contributed by atoms with Crippen LogP contribution in [0.25, 0.3) is 0 Å². The van der Waals surface area contributed by atoms with Crippen molar-refractivity contribution in [2.24, 2.45) is 0 Å². The minimum Gasteiger partial charge on any atom is -0.324 e. The molecule has 12 heavy (non-hydrogen) atoms. The van der Waals surface area contributed by atoms with Crippen molar-refractivity contribution in [3.8, 4) is 0 Å². The Balaban J connectivity index is 2.37. The molecule has 0 atom stereocenters. The molecule has 1 aromatic rings. The molecule has 0 saturated carbocycles. The number of hydrogen-bond acceptors (Lipinski definition) is 2. The van der Waals surface area contributed by atoms with Crippen LogP contribution in [0.15, 0.2) is 29.2 Å². The first kappa shape index (κ1) is 7.68. The van der Waals surface area contributed by atoms with Gasteiger partial charge in [0.2, 0.25) is 5.91 Å². The minimum atomic E-state index is -0.132. The third-order valence-corrected chi connectivity index (χ3v) is 2.55. The van der Waals surface area contributed by atoms with Crippen LogP contribution >= 0.6 is 11.8 Å². The van der Waals surface area contributed by atoms with Gasteiger partial charge in [-0.2, -0.15) is 0 Å². The highest BCUT2D eigenvalue weighted by molar-refractivity contribution is 7.99. The number of benzene rings is 1. The predicted octanol–water partition coefficient (Wildman–Crippen LogP) is 1.81. The molecule has 0 spiro atoms. The highest BCUT2D eigenvalue weighted by Gasteiger charge is 2.12. The van der Waals surface area contributed by atoms with Crippen LogP contribution in [0.3, 0.4) is 0 Å². The predicted molar refractivity (Wildman–Crippen MR) is 49.0 cm³/mol. The zero-order valence-corrected chi connectivity index (χ0v) is 7.15. The second-order valence-electron chi connectivity index (χ2n) is 2.42. The highest BCUT2D eigenvalue weighted by Crippen LogP contribution is 2.29. The van der Waals surface area contributed by atoms with Crippen molar-refractivity contribution in [3.05, 3.63) is 30.7 Å². The van der Waals surface area contributed by atoms with Gasteiger partial charge in [0.15, 0.2) is 0 Å². The first-order valence-corrected chi connectivity index (χ1v) is 4.61. The monoisotopic (exact) mass is 177 g/mol. The number of carbonyl (C=O) groups is 1. The van der Waals surface area contributed by atoms with E-state index < -0.39 is 0 Å². The number of nitrogens with one attached hydrogen (secondary N) is 1. The molecule has 1 amide bonds. The Morgan fingerprint density at radius 1 is 1.42 bits per heavy atom. The van der Waals surface area contributed by atoms with Crippen molar-refractivity contribution >= 4 is 23.4 Å². The number of amides is 1. The topological polar surface area (TPSA) is 29.1 Å². The number of hydrogen-bond donors (Lipinski definition) is 1. The molecule has 0 fully saturated rings. The van der Waals surface area contributed by atoms with E-state index in [0.717, 1.165) is 10.6 Å². The van der Waals surface area contributed by atoms with Gasteiger partial charge < -0.3 is 5.32 Å². The van der Waals surface area contributed by atoms with Crippen LogP contribution in [-0.4, -0.2) is 11.7 Å². The summed E-state index contributed by atoms with van der Waals surface area (Å²) in [5.74, 6) is 0.496. The molecule has 1 aromatic carbocycles. The van der Waals surface area contributed by atoms with Gasteiger partial charge in [-0.15, -0.1) is 11.8 Å². The fourth-order valence-corrected chi connectivity index (χ4v) is 1.85. The Hall–Kier alpha value is -0.960. The first-order valence-electron chi connectivity index (χ1n) is 3.63. The Morgan fingerprint density at radius 2 is 2.25 bits per heavy atom. The number of fused-ring (bicyclic) bond motifs is 1. The van der Waals surface area contributed by atoms with E-state index in [0.29, 0.717) is 5.75 Å². The lowest BCUT2D eigenvalue weighted by molar-refractivity contribution is -0.113. The van der Waals surface area contributed by atoms with E-state index in [2.05, 4.69) is 11.7 Å². The van der Waals surface area contributed by atoms with Crippen LogP contribution in [0.2, 0.25) is 0 Å². The summed E-state index contributed by atoms with van der Waals surface area (Å²) in [6.45, 7) is 0. The molecule has 2 radical (unpaired) electrons. The summed E-state index contributed by atoms with van der Waals surface area (Å²) < 4.78 is 0. The van der Waals surface area contributed by atoms with Crippen LogP contribution in [0.1, 0.15) is 0 Å². The van der Waals surface area contributed by atoms with Gasteiger partial charge in [-0.25, -0.2) is 0 Å². The zero-order chi connectivity index (χ0) is 8.39. The maximum atomic E-state index is 11.0. The normalized spacial score (nSPS) is 16.2. The van der Waals surface area contributed by atoms with E-state index in [1.54, 1.807) is 11.8 Å². The van der Waals surface area contributed by atoms with Crippen LogP contribution in [0, 0.1) is 6.42 Å². The summed E-state index contributed by atoms with van der Waals surface area (Å²) >= 11 is 1.62. The summed E-state index contributed by atoms with van der Waals surface area (Å²) in [6, 6.07) is 7.76. The highest BCUT2D eigenvalue weighted by atomic mass is 32.2. The standard InChI is InChI=1S/C9H7NOS/c11-9-5-6-12-8-4-2-1-3-7(8)10-9/h1-4H,6H2,(H,10,11). The lowest BCUT2D eigenvalue weighted by Gasteiger charge is -2.03. The maximum absolute atomic E-state index is 11.0. The second kappa shape index (κ2) is 3.19. The summed E-state index contributed by atoms with van der Waals surface area (Å²) in [4.78, 5) is 12.1. The van der Waals surface area contributed by atoms with Crippen molar-refractivity contribution in [2.75, 3.05) is 11.1 Å². The van der Waals surface area contributed by atoms with Gasteiger partial charge in [0.1, 0.15) is 0 Å². The van der Waals surface area contributed by atoms with E-state index in [-0.39, 0.29) is 5.91 Å². The van der Waals surface area contributed by atoms with Crippen molar-refractivity contribution in [3.63, 3.8) is 0 Å². The Morgan fingerprint density at radius 3 is 3.17 bits per heavy atom. The van der Waals surface area contributed by atoms with Crippen LogP contribution in [-0.2, 0) is 4.79 Å². The van der Waals surface area contributed by atoms with Gasteiger partial charge in [-0.05, 0) is 12.1 Å². The molecule has 2 rings (SSSR count). The maximum Gasteiger partial charge on any atom is 0.233 e. The van der Waals surface area contributed by atoms with E-state index in [1.165, 1.54) is 0 Å². The van der Waals surface area contributed by atoms with E-state index >= 15 is 0 Å². The Labute approximate surface area is 75.4 Å². The number of anilines is 1. The van der Waals surface area contributed by atoms with E-state index in [9.17, 15) is 4.79 Å². The lowest BCUT2D eigenvalue weighted by atomic mass is 10.3. The van der Waals surface area contributed by atoms with Crippen LogP contribution in [0.5, 0.6) is 0 Å². The molecule has 60 valence electrons. The largest absolute Gasteiger partial charge is 0.324 e. The third-order valence-electron chi connectivity index (χ3n) is 1.60. The summed E-state index contributed by atoms with van der Waals surface area (Å²) in [7, 11) is 0. The number of rotatable bonds is 0. The molecule has 1 N–H and O–H groups in total. The van der Waals surface area contributed by atoms with Gasteiger partial charge in [-0.3, -0.25) is 4.79 Å². The van der Waals surface area contributed by atoms with Gasteiger partial charge in [0.05, 0.1) is 12.1 Å². The minimum absolute atomic E-state index is 0.132. The van der Waals surface area contributed by atoms with Crippen LogP contribution < -0.4 is 5.32 Å². The first-order chi connectivity index (χ1) is 5.86. The average molecular weight is 177 g/mol. The summed E-state index contributed by atoms with van der Waals surface area (Å²) in [5, 5.41) is 2.75. The Bertz CT molecular complexity index is 311. The molecule has 1 aliphatic heterocycles. The molecule has 0 bridgehead atoms. The quantitative estimate of drug-likeness (QED) is 0.654. The van der Waals surface area contributed by atoms with Gasteiger partial charge in [0.25, 0.3) is 0 Å². The van der Waals surface area contributed by atoms with E-state index in [1.807, 2.05) is 24.3 Å². The van der Waals surface area contributed by atoms with Crippen molar-refractivity contribution in [1.82, 2.24) is 0 Å². The summed E-state index contributed by atoms with van der Waals surface area (Å²) in [6.07, 6.45) is 2.70. The molecule has 0 unspecified atom stereocenters. The zero-order valence-electron chi connectivity index (χ0n) is 6.33. The molecular formula is C9H7NOS. The second-order valence-corrected chi connectivity index (χ2v) is 3.43. The van der Waals surface area contributed by atoms with Crippen molar-refractivity contribution in [2.45, 2.75) is 4.90 Å². The van der Waals surface area contributed by atoms with Crippen molar-refractivity contribution < 1.29 is 4.79 Å². The molecule has 0 saturated heterocycles. The molecule has 2 nitrogen and oxygen atoms in total. The molecule has 3 heteroatoms. The average Bonchev–Trinajstić information content (AvgIpc) is 2.25. The van der Waals surface area contributed by atoms with Gasteiger partial charge >= 0.3 is 0 Å². The third kappa shape index (κ3) is 1.46. The Kier molecular flexibility index (Phi) is 2.04. The summed E-state index contributed by atoms with van der Waals surface area (Å²) in [5.41, 5.74) is 0.887. The van der Waals surface area contributed by atoms with Crippen molar-refractivity contribution in [1.29, 1.82) is 0 Å². The number of thioether (sulfide) groups is 1. The molecule has 0 aliphatic carbocycles. The number of para-hydroxylation sites is 1. The van der Waals surface area contributed by atoms with Gasteiger partial charge in [-0.1, -0.05) is 12.1 Å². The van der Waals surface area contributed by atoms with Gasteiger partial charge in [0, 0.05) is 10.6 Å². The molecule has 0 aromatic heterocycles. The fraction of sp³-hybridized carbons (Fsp3) is 0.111. The molecule has 1 aliphatic rings. The van der Waals surface area contributed by atoms with Crippen LogP contribution in [0.4, 0.5) is 5.69 Å². The SMILES string of the molecule is O=C1[C]CSc2ccccc2N1. The van der Waals surface area contributed by atoms with E-state index in [4.69, 9.17) is 0 Å². The molecular weight excluding hydrogens is 170 g/mol.